The van der Waals surface area contributed by atoms with Gasteiger partial charge in [-0.25, -0.2) is 0 Å². The Morgan fingerprint density at radius 1 is 0.750 bits per heavy atom. The molecule has 3 rings (SSSR count). The zero-order chi connectivity index (χ0) is 25.4. The molecule has 200 valence electrons. The Bertz CT molecular complexity index is 809. The molecule has 0 N–H and O–H groups in total. The lowest BCUT2D eigenvalue weighted by Crippen LogP contribution is -2.15. The second-order valence-electron chi connectivity index (χ2n) is 11.1. The van der Waals surface area contributed by atoms with E-state index in [1.54, 1.807) is 0 Å². The summed E-state index contributed by atoms with van der Waals surface area (Å²) in [7, 11) is 0. The average Bonchev–Trinajstić information content (AvgIpc) is 2.91. The summed E-state index contributed by atoms with van der Waals surface area (Å²) in [6, 6.07) is 12.4. The second-order valence-corrected chi connectivity index (χ2v) is 11.1. The largest absolute Gasteiger partial charge is 0.494 e. The van der Waals surface area contributed by atoms with Gasteiger partial charge in [0.15, 0.2) is 0 Å². The van der Waals surface area contributed by atoms with Gasteiger partial charge in [0.1, 0.15) is 11.5 Å². The molecule has 36 heavy (non-hydrogen) atoms. The predicted octanol–water partition coefficient (Wildman–Crippen LogP) is 10.0. The van der Waals surface area contributed by atoms with E-state index >= 15 is 0 Å². The highest BCUT2D eigenvalue weighted by Crippen LogP contribution is 2.34. The average molecular weight is 494 g/mol. The van der Waals surface area contributed by atoms with Gasteiger partial charge < -0.3 is 9.47 Å². The first-order chi connectivity index (χ1) is 17.7. The molecule has 3 nitrogen and oxygen atoms in total. The van der Waals surface area contributed by atoms with E-state index in [2.05, 4.69) is 50.0 Å². The third kappa shape index (κ3) is 10.5. The summed E-state index contributed by atoms with van der Waals surface area (Å²) >= 11 is 0. The molecule has 0 amide bonds. The van der Waals surface area contributed by atoms with Gasteiger partial charge in [-0.2, -0.15) is 0 Å². The van der Waals surface area contributed by atoms with Crippen LogP contribution in [-0.2, 0) is 0 Å². The molecule has 1 heterocycles. The van der Waals surface area contributed by atoms with Crippen molar-refractivity contribution in [2.75, 3.05) is 6.61 Å². The van der Waals surface area contributed by atoms with Gasteiger partial charge in [0.05, 0.1) is 24.6 Å². The number of aromatic nitrogens is 1. The Morgan fingerprint density at radius 3 is 2.03 bits per heavy atom. The molecule has 0 radical (unpaired) electrons. The van der Waals surface area contributed by atoms with Gasteiger partial charge in [0.25, 0.3) is 0 Å². The van der Waals surface area contributed by atoms with Crippen LogP contribution in [0.25, 0.3) is 11.3 Å². The van der Waals surface area contributed by atoms with Crippen LogP contribution >= 0.6 is 0 Å². The van der Waals surface area contributed by atoms with Gasteiger partial charge in [-0.3, -0.25) is 4.98 Å². The minimum absolute atomic E-state index is 0.233. The first-order valence-electron chi connectivity index (χ1n) is 15.0. The lowest BCUT2D eigenvalue weighted by atomic mass is 9.78. The van der Waals surface area contributed by atoms with Crippen molar-refractivity contribution in [1.82, 2.24) is 4.98 Å². The van der Waals surface area contributed by atoms with Crippen molar-refractivity contribution in [3.63, 3.8) is 0 Å². The molecule has 0 aliphatic heterocycles. The molecular weight excluding hydrogens is 442 g/mol. The predicted molar refractivity (Wildman–Crippen MR) is 153 cm³/mol. The summed E-state index contributed by atoms with van der Waals surface area (Å²) in [5.74, 6) is 3.73. The smallest absolute Gasteiger partial charge is 0.138 e. The molecule has 1 unspecified atom stereocenters. The molecule has 0 bridgehead atoms. The normalized spacial score (nSPS) is 18.6. The van der Waals surface area contributed by atoms with Gasteiger partial charge in [-0.05, 0) is 80.8 Å². The third-order valence-corrected chi connectivity index (χ3v) is 7.90. The molecule has 1 aliphatic carbocycles. The van der Waals surface area contributed by atoms with Crippen molar-refractivity contribution in [3.05, 3.63) is 42.6 Å². The first-order valence-corrected chi connectivity index (χ1v) is 15.0. The molecule has 0 spiro atoms. The minimum atomic E-state index is 0.233. The van der Waals surface area contributed by atoms with Crippen LogP contribution in [0.4, 0.5) is 0 Å². The fourth-order valence-corrected chi connectivity index (χ4v) is 5.55. The Balaban J connectivity index is 1.32. The Hall–Kier alpha value is -2.03. The molecule has 0 saturated heterocycles. The monoisotopic (exact) mass is 493 g/mol. The number of rotatable bonds is 17. The number of unbranched alkanes of at least 4 members (excludes halogenated alkanes) is 5. The SMILES string of the molecule is CCCCCCC(C)Oc1ccc(-c2ccc(OCCCC3CCC(CCCCC)CC3)cc2)nc1. The number of hydrogen-bond donors (Lipinski definition) is 0. The highest BCUT2D eigenvalue weighted by molar-refractivity contribution is 5.60. The maximum atomic E-state index is 6.05. The summed E-state index contributed by atoms with van der Waals surface area (Å²) in [5.41, 5.74) is 2.08. The van der Waals surface area contributed by atoms with Crippen molar-refractivity contribution in [2.45, 2.75) is 123 Å². The Morgan fingerprint density at radius 2 is 1.39 bits per heavy atom. The highest BCUT2D eigenvalue weighted by atomic mass is 16.5. The van der Waals surface area contributed by atoms with E-state index in [1.807, 2.05) is 18.3 Å². The standard InChI is InChI=1S/C33H51NO2/c1-4-6-8-10-12-27(3)36-32-23-24-33(34-26-32)30-19-21-31(22-20-30)35-25-11-14-29-17-15-28(16-18-29)13-9-7-5-2/h19-24,26-29H,4-18,25H2,1-3H3. The summed E-state index contributed by atoms with van der Waals surface area (Å²) < 4.78 is 12.1. The Kier molecular flexibility index (Phi) is 13.2. The highest BCUT2D eigenvalue weighted by Gasteiger charge is 2.20. The second kappa shape index (κ2) is 16.7. The molecule has 1 aliphatic rings. The summed E-state index contributed by atoms with van der Waals surface area (Å²) in [5, 5.41) is 0. The van der Waals surface area contributed by atoms with Crippen LogP contribution in [0.2, 0.25) is 0 Å². The van der Waals surface area contributed by atoms with Crippen molar-refractivity contribution in [1.29, 1.82) is 0 Å². The van der Waals surface area contributed by atoms with Gasteiger partial charge >= 0.3 is 0 Å². The van der Waals surface area contributed by atoms with E-state index in [0.717, 1.165) is 54.0 Å². The molecule has 1 fully saturated rings. The van der Waals surface area contributed by atoms with E-state index in [4.69, 9.17) is 9.47 Å². The number of hydrogen-bond acceptors (Lipinski definition) is 3. The van der Waals surface area contributed by atoms with Crippen LogP contribution < -0.4 is 9.47 Å². The third-order valence-electron chi connectivity index (χ3n) is 7.90. The summed E-state index contributed by atoms with van der Waals surface area (Å²) in [6.45, 7) is 7.52. The number of pyridine rings is 1. The van der Waals surface area contributed by atoms with Crippen LogP contribution in [0.15, 0.2) is 42.6 Å². The molecule has 3 heteroatoms. The van der Waals surface area contributed by atoms with E-state index in [-0.39, 0.29) is 6.10 Å². The van der Waals surface area contributed by atoms with E-state index in [0.29, 0.717) is 0 Å². The van der Waals surface area contributed by atoms with Gasteiger partial charge in [0.2, 0.25) is 0 Å². The van der Waals surface area contributed by atoms with Crippen LogP contribution in [0.1, 0.15) is 117 Å². The van der Waals surface area contributed by atoms with Gasteiger partial charge in [0, 0.05) is 5.56 Å². The zero-order valence-electron chi connectivity index (χ0n) is 23.4. The first kappa shape index (κ1) is 28.5. The molecule has 1 aromatic carbocycles. The fraction of sp³-hybridized carbons (Fsp3) is 0.667. The number of nitrogens with zero attached hydrogens (tertiary/aromatic N) is 1. The van der Waals surface area contributed by atoms with Crippen molar-refractivity contribution < 1.29 is 9.47 Å². The maximum absolute atomic E-state index is 6.05. The molecule has 1 saturated carbocycles. The van der Waals surface area contributed by atoms with Crippen LogP contribution in [-0.4, -0.2) is 17.7 Å². The maximum Gasteiger partial charge on any atom is 0.138 e. The fourth-order valence-electron chi connectivity index (χ4n) is 5.55. The van der Waals surface area contributed by atoms with Gasteiger partial charge in [-0.15, -0.1) is 0 Å². The lowest BCUT2D eigenvalue weighted by Gasteiger charge is -2.28. The Labute approximate surface area is 221 Å². The summed E-state index contributed by atoms with van der Waals surface area (Å²) in [6.07, 6.45) is 22.2. The minimum Gasteiger partial charge on any atom is -0.494 e. The van der Waals surface area contributed by atoms with E-state index in [9.17, 15) is 0 Å². The van der Waals surface area contributed by atoms with Crippen molar-refractivity contribution in [3.8, 4) is 22.8 Å². The topological polar surface area (TPSA) is 31.4 Å². The molecule has 2 aromatic rings. The zero-order valence-corrected chi connectivity index (χ0v) is 23.4. The summed E-state index contributed by atoms with van der Waals surface area (Å²) in [4.78, 5) is 4.63. The van der Waals surface area contributed by atoms with Crippen molar-refractivity contribution in [2.24, 2.45) is 11.8 Å². The van der Waals surface area contributed by atoms with E-state index < -0.39 is 0 Å². The van der Waals surface area contributed by atoms with Crippen LogP contribution in [0, 0.1) is 11.8 Å². The molecule has 1 atom stereocenters. The van der Waals surface area contributed by atoms with Crippen LogP contribution in [0.3, 0.4) is 0 Å². The molecule has 1 aromatic heterocycles. The van der Waals surface area contributed by atoms with E-state index in [1.165, 1.54) is 83.5 Å². The quantitative estimate of drug-likeness (QED) is 0.205. The lowest BCUT2D eigenvalue weighted by molar-refractivity contribution is 0.205. The number of ether oxygens (including phenoxy) is 2. The number of benzene rings is 1. The van der Waals surface area contributed by atoms with Crippen LogP contribution in [0.5, 0.6) is 11.5 Å². The van der Waals surface area contributed by atoms with Gasteiger partial charge in [-0.1, -0.05) is 84.5 Å². The molecular formula is C33H51NO2. The van der Waals surface area contributed by atoms with Crippen molar-refractivity contribution >= 4 is 0 Å².